The predicted octanol–water partition coefficient (Wildman–Crippen LogP) is -2.25. The molecule has 118 valence electrons. The lowest BCUT2D eigenvalue weighted by Gasteiger charge is -2.27. The van der Waals surface area contributed by atoms with Gasteiger partial charge in [0.15, 0.2) is 11.2 Å². The van der Waals surface area contributed by atoms with Gasteiger partial charge in [-0.3, -0.25) is 23.7 Å². The third-order valence-corrected chi connectivity index (χ3v) is 3.59. The lowest BCUT2D eigenvalue weighted by molar-refractivity contribution is -0.118. The minimum Gasteiger partial charge on any atom is -0.378 e. The van der Waals surface area contributed by atoms with Crippen molar-refractivity contribution in [2.75, 3.05) is 31.2 Å². The van der Waals surface area contributed by atoms with Crippen LogP contribution in [-0.4, -0.2) is 51.3 Å². The molecule has 1 amide bonds. The van der Waals surface area contributed by atoms with E-state index in [1.807, 2.05) is 4.90 Å². The fraction of sp³-hybridized carbons (Fsp3) is 0.500. The number of aryl methyl sites for hydroxylation is 1. The van der Waals surface area contributed by atoms with Gasteiger partial charge in [0.05, 0.1) is 13.2 Å². The number of morpholine rings is 1. The minimum absolute atomic E-state index is 0.155. The van der Waals surface area contributed by atoms with Gasteiger partial charge in [-0.2, -0.15) is 4.98 Å². The third-order valence-electron chi connectivity index (χ3n) is 3.59. The number of amides is 1. The number of carbonyl (C=O) groups excluding carboxylic acids is 1. The lowest BCUT2D eigenvalue weighted by atomic mass is 10.4. The Morgan fingerprint density at radius 3 is 2.68 bits per heavy atom. The molecular formula is C12H16N6O4. The molecule has 0 unspecified atom stereocenters. The van der Waals surface area contributed by atoms with Crippen LogP contribution >= 0.6 is 0 Å². The van der Waals surface area contributed by atoms with E-state index in [4.69, 9.17) is 10.5 Å². The summed E-state index contributed by atoms with van der Waals surface area (Å²) in [6, 6.07) is 0. The van der Waals surface area contributed by atoms with Crippen molar-refractivity contribution in [1.29, 1.82) is 0 Å². The van der Waals surface area contributed by atoms with E-state index in [0.717, 1.165) is 0 Å². The molecule has 1 aliphatic heterocycles. The van der Waals surface area contributed by atoms with Crippen molar-refractivity contribution in [2.24, 2.45) is 12.8 Å². The number of H-pyrrole nitrogens is 1. The van der Waals surface area contributed by atoms with Crippen LogP contribution in [0.15, 0.2) is 9.59 Å². The van der Waals surface area contributed by atoms with Crippen LogP contribution < -0.4 is 21.9 Å². The molecule has 0 aromatic carbocycles. The van der Waals surface area contributed by atoms with Crippen molar-refractivity contribution < 1.29 is 9.53 Å². The number of nitrogens with one attached hydrogen (secondary N) is 1. The fourth-order valence-corrected chi connectivity index (χ4v) is 2.53. The molecular weight excluding hydrogens is 292 g/mol. The van der Waals surface area contributed by atoms with Crippen molar-refractivity contribution >= 4 is 23.0 Å². The molecule has 0 bridgehead atoms. The second kappa shape index (κ2) is 5.30. The highest BCUT2D eigenvalue weighted by atomic mass is 16.5. The summed E-state index contributed by atoms with van der Waals surface area (Å²) in [5.41, 5.74) is 4.50. The summed E-state index contributed by atoms with van der Waals surface area (Å²) in [5, 5.41) is 0. The van der Waals surface area contributed by atoms with Gasteiger partial charge in [0, 0.05) is 20.1 Å². The summed E-state index contributed by atoms with van der Waals surface area (Å²) >= 11 is 0. The number of anilines is 1. The van der Waals surface area contributed by atoms with Crippen LogP contribution in [0, 0.1) is 0 Å². The monoisotopic (exact) mass is 308 g/mol. The maximum Gasteiger partial charge on any atom is 0.329 e. The van der Waals surface area contributed by atoms with E-state index in [-0.39, 0.29) is 17.7 Å². The van der Waals surface area contributed by atoms with Crippen molar-refractivity contribution in [3.63, 3.8) is 0 Å². The van der Waals surface area contributed by atoms with E-state index in [9.17, 15) is 14.4 Å². The number of nitrogens with two attached hydrogens (primary N) is 1. The van der Waals surface area contributed by atoms with Crippen molar-refractivity contribution in [2.45, 2.75) is 6.54 Å². The molecule has 3 N–H and O–H groups in total. The second-order valence-corrected chi connectivity index (χ2v) is 5.05. The Balaban J connectivity index is 2.28. The van der Waals surface area contributed by atoms with Crippen molar-refractivity contribution in [3.05, 3.63) is 20.8 Å². The Morgan fingerprint density at radius 2 is 2.05 bits per heavy atom. The lowest BCUT2D eigenvalue weighted by Crippen LogP contribution is -2.38. The summed E-state index contributed by atoms with van der Waals surface area (Å²) in [5.74, 6) is -0.161. The number of nitrogens with zero attached hydrogens (tertiary/aromatic N) is 4. The maximum atomic E-state index is 12.1. The summed E-state index contributed by atoms with van der Waals surface area (Å²) < 4.78 is 7.97. The van der Waals surface area contributed by atoms with Crippen molar-refractivity contribution in [3.8, 4) is 0 Å². The smallest absolute Gasteiger partial charge is 0.329 e. The van der Waals surface area contributed by atoms with Gasteiger partial charge >= 0.3 is 5.69 Å². The SMILES string of the molecule is Cn1c(=O)[nH]c(=O)c2c1nc(N1CCOCC1)n2CC(N)=O. The summed E-state index contributed by atoms with van der Waals surface area (Å²) in [6.45, 7) is 2.01. The molecule has 0 spiro atoms. The highest BCUT2D eigenvalue weighted by molar-refractivity contribution is 5.80. The van der Waals surface area contributed by atoms with Crippen LogP contribution in [0.3, 0.4) is 0 Å². The van der Waals surface area contributed by atoms with Crippen LogP contribution in [-0.2, 0) is 23.1 Å². The zero-order valence-electron chi connectivity index (χ0n) is 12.0. The number of carbonyl (C=O) groups is 1. The van der Waals surface area contributed by atoms with Crippen LogP contribution in [0.5, 0.6) is 0 Å². The van der Waals surface area contributed by atoms with Crippen molar-refractivity contribution in [1.82, 2.24) is 19.1 Å². The molecule has 3 rings (SSSR count). The van der Waals surface area contributed by atoms with E-state index < -0.39 is 17.2 Å². The van der Waals surface area contributed by atoms with Gasteiger partial charge in [0.2, 0.25) is 11.9 Å². The highest BCUT2D eigenvalue weighted by Crippen LogP contribution is 2.20. The standard InChI is InChI=1S/C12H16N6O4/c1-16-9-8(10(20)15-12(16)21)18(6-7(13)19)11(14-9)17-2-4-22-5-3-17/h2-6H2,1H3,(H2,13,19)(H,15,20,21). The molecule has 1 saturated heterocycles. The number of hydrogen-bond donors (Lipinski definition) is 2. The van der Waals surface area contributed by atoms with E-state index >= 15 is 0 Å². The molecule has 10 heteroatoms. The van der Waals surface area contributed by atoms with Gasteiger partial charge in [-0.1, -0.05) is 0 Å². The number of aromatic nitrogens is 4. The molecule has 0 atom stereocenters. The molecule has 3 heterocycles. The molecule has 1 fully saturated rings. The molecule has 2 aromatic rings. The number of ether oxygens (including phenoxy) is 1. The van der Waals surface area contributed by atoms with Crippen LogP contribution in [0.1, 0.15) is 0 Å². The molecule has 0 radical (unpaired) electrons. The minimum atomic E-state index is -0.595. The Morgan fingerprint density at radius 1 is 1.36 bits per heavy atom. The molecule has 10 nitrogen and oxygen atoms in total. The number of primary amides is 1. The molecule has 22 heavy (non-hydrogen) atoms. The van der Waals surface area contributed by atoms with E-state index in [1.54, 1.807) is 0 Å². The maximum absolute atomic E-state index is 12.1. The van der Waals surface area contributed by atoms with E-state index in [1.165, 1.54) is 16.2 Å². The number of fused-ring (bicyclic) bond motifs is 1. The normalized spacial score (nSPS) is 15.4. The molecule has 0 saturated carbocycles. The van der Waals surface area contributed by atoms with Gasteiger partial charge < -0.3 is 15.4 Å². The van der Waals surface area contributed by atoms with Gasteiger partial charge in [-0.15, -0.1) is 0 Å². The predicted molar refractivity (Wildman–Crippen MR) is 77.8 cm³/mol. The van der Waals surface area contributed by atoms with E-state index in [0.29, 0.717) is 32.3 Å². The second-order valence-electron chi connectivity index (χ2n) is 5.05. The molecule has 0 aliphatic carbocycles. The van der Waals surface area contributed by atoms with Gasteiger partial charge in [-0.25, -0.2) is 4.79 Å². The number of hydrogen-bond acceptors (Lipinski definition) is 6. The summed E-state index contributed by atoms with van der Waals surface area (Å²) in [7, 11) is 1.51. The quantitative estimate of drug-likeness (QED) is 0.659. The average Bonchev–Trinajstić information content (AvgIpc) is 2.85. The zero-order chi connectivity index (χ0) is 15.9. The third kappa shape index (κ3) is 2.26. The Labute approximate surface area is 124 Å². The van der Waals surface area contributed by atoms with Gasteiger partial charge in [0.1, 0.15) is 6.54 Å². The first-order valence-electron chi connectivity index (χ1n) is 6.79. The Bertz CT molecular complexity index is 842. The Kier molecular flexibility index (Phi) is 3.45. The fourth-order valence-electron chi connectivity index (χ4n) is 2.53. The summed E-state index contributed by atoms with van der Waals surface area (Å²) in [4.78, 5) is 43.7. The first-order chi connectivity index (χ1) is 10.5. The Hall–Kier alpha value is -2.62. The number of rotatable bonds is 3. The summed E-state index contributed by atoms with van der Waals surface area (Å²) in [6.07, 6.45) is 0. The first-order valence-corrected chi connectivity index (χ1v) is 6.79. The van der Waals surface area contributed by atoms with Crippen LogP contribution in [0.4, 0.5) is 5.95 Å². The number of imidazole rings is 1. The number of aromatic amines is 1. The molecule has 1 aliphatic rings. The average molecular weight is 308 g/mol. The van der Waals surface area contributed by atoms with E-state index in [2.05, 4.69) is 9.97 Å². The van der Waals surface area contributed by atoms with Gasteiger partial charge in [-0.05, 0) is 0 Å². The largest absolute Gasteiger partial charge is 0.378 e. The highest BCUT2D eigenvalue weighted by Gasteiger charge is 2.23. The molecule has 2 aromatic heterocycles. The first kappa shape index (κ1) is 14.3. The van der Waals surface area contributed by atoms with Crippen LogP contribution in [0.2, 0.25) is 0 Å². The van der Waals surface area contributed by atoms with Crippen LogP contribution in [0.25, 0.3) is 11.2 Å². The zero-order valence-corrected chi connectivity index (χ0v) is 12.0. The van der Waals surface area contributed by atoms with Gasteiger partial charge in [0.25, 0.3) is 5.56 Å². The topological polar surface area (TPSA) is 128 Å².